The van der Waals surface area contributed by atoms with Gasteiger partial charge in [-0.3, -0.25) is 4.90 Å². The number of piperazine rings is 1. The van der Waals surface area contributed by atoms with Crippen LogP contribution in [0.15, 0.2) is 77.4 Å². The Morgan fingerprint density at radius 2 is 1.78 bits per heavy atom. The number of anilines is 3. The molecule has 0 atom stereocenters. The second-order valence-corrected chi connectivity index (χ2v) is 14.6. The van der Waals surface area contributed by atoms with Crippen molar-refractivity contribution < 1.29 is 4.74 Å². The molecule has 8 nitrogen and oxygen atoms in total. The van der Waals surface area contributed by atoms with Crippen molar-refractivity contribution in [2.24, 2.45) is 0 Å². The van der Waals surface area contributed by atoms with E-state index in [1.54, 1.807) is 18.8 Å². The molecule has 1 aromatic heterocycles. The third-order valence-electron chi connectivity index (χ3n) is 8.64. The van der Waals surface area contributed by atoms with Gasteiger partial charge in [-0.05, 0) is 57.0 Å². The number of likely N-dealkylation sites (N-methyl/N-ethyl adjacent to an activating group) is 1. The van der Waals surface area contributed by atoms with Crippen molar-refractivity contribution >= 4 is 64.7 Å². The molecule has 0 saturated carbocycles. The summed E-state index contributed by atoms with van der Waals surface area (Å²) in [5, 5.41) is 11.0. The molecule has 0 amide bonds. The predicted octanol–water partition coefficient (Wildman–Crippen LogP) is 7.03. The first-order valence-electron chi connectivity index (χ1n) is 15.5. The minimum Gasteiger partial charge on any atom is -0.495 e. The fourth-order valence-electron chi connectivity index (χ4n) is 6.13. The van der Waals surface area contributed by atoms with Gasteiger partial charge in [-0.2, -0.15) is 4.98 Å². The van der Waals surface area contributed by atoms with E-state index in [4.69, 9.17) is 32.9 Å². The number of halogens is 2. The number of allylic oxidation sites excluding steroid dienone is 2. The lowest BCUT2D eigenvalue weighted by atomic mass is 10.0. The second kappa shape index (κ2) is 15.6. The molecule has 3 heterocycles. The molecule has 11 heteroatoms. The highest BCUT2D eigenvalue weighted by Crippen LogP contribution is 2.35. The summed E-state index contributed by atoms with van der Waals surface area (Å²) in [6, 6.07) is 13.3. The van der Waals surface area contributed by atoms with Crippen LogP contribution in [-0.4, -0.2) is 97.5 Å². The zero-order valence-corrected chi connectivity index (χ0v) is 29.3. The maximum Gasteiger partial charge on any atom is 0.229 e. The highest BCUT2D eigenvalue weighted by Gasteiger charge is 2.27. The largest absolute Gasteiger partial charge is 0.495 e. The van der Waals surface area contributed by atoms with Crippen LogP contribution in [0.5, 0.6) is 0 Å². The van der Waals surface area contributed by atoms with Gasteiger partial charge in [-0.1, -0.05) is 67.5 Å². The minimum atomic E-state index is -0.403. The lowest BCUT2D eigenvalue weighted by Gasteiger charge is -2.42. The number of rotatable bonds is 10. The van der Waals surface area contributed by atoms with Gasteiger partial charge in [0, 0.05) is 67.9 Å². The summed E-state index contributed by atoms with van der Waals surface area (Å²) in [5.74, 6) is 1.57. The summed E-state index contributed by atoms with van der Waals surface area (Å²) in [7, 11) is 3.46. The first kappa shape index (κ1) is 33.5. The average molecular weight is 669 g/mol. The van der Waals surface area contributed by atoms with Crippen molar-refractivity contribution in [3.8, 4) is 0 Å². The van der Waals surface area contributed by atoms with Gasteiger partial charge >= 0.3 is 0 Å². The van der Waals surface area contributed by atoms with E-state index in [2.05, 4.69) is 87.1 Å². The molecule has 0 aliphatic carbocycles. The Hall–Kier alpha value is -2.87. The molecule has 45 heavy (non-hydrogen) atoms. The summed E-state index contributed by atoms with van der Waals surface area (Å²) in [6.45, 7) is 12.9. The van der Waals surface area contributed by atoms with Crippen LogP contribution in [0.2, 0.25) is 5.02 Å². The summed E-state index contributed by atoms with van der Waals surface area (Å²) >= 11 is 13.0. The zero-order chi connectivity index (χ0) is 31.9. The number of likely N-dealkylation sites (tertiary alicyclic amines) is 1. The lowest BCUT2D eigenvalue weighted by molar-refractivity contribution is 0.0765. The molecule has 240 valence electrons. The fourth-order valence-corrected chi connectivity index (χ4v) is 7.76. The Balaban J connectivity index is 1.30. The van der Waals surface area contributed by atoms with Crippen LogP contribution < -0.4 is 15.9 Å². The predicted molar refractivity (Wildman–Crippen MR) is 193 cm³/mol. The summed E-state index contributed by atoms with van der Waals surface area (Å²) < 4.78 is 5.85. The number of aromatic nitrogens is 2. The number of fused-ring (bicyclic) bond motifs is 1. The Morgan fingerprint density at radius 1 is 1.04 bits per heavy atom. The van der Waals surface area contributed by atoms with Crippen LogP contribution >= 0.6 is 31.1 Å². The second-order valence-electron chi connectivity index (χ2n) is 11.7. The molecule has 2 N–H and O–H groups in total. The number of piperidine rings is 1. The maximum atomic E-state index is 6.60. The van der Waals surface area contributed by atoms with Crippen LogP contribution in [-0.2, 0) is 4.74 Å². The molecule has 0 unspecified atom stereocenters. The molecule has 2 saturated heterocycles. The zero-order valence-electron chi connectivity index (χ0n) is 26.9. The number of hydrogen-bond donors (Lipinski definition) is 2. The number of benzene rings is 2. The monoisotopic (exact) mass is 667 g/mol. The first-order chi connectivity index (χ1) is 21.8. The molecule has 2 aromatic carbocycles. The Kier molecular flexibility index (Phi) is 11.6. The van der Waals surface area contributed by atoms with E-state index in [0.717, 1.165) is 69.2 Å². The van der Waals surface area contributed by atoms with E-state index in [1.165, 1.54) is 16.1 Å². The number of hydrogen-bond acceptors (Lipinski definition) is 8. The van der Waals surface area contributed by atoms with Crippen LogP contribution in [0, 0.1) is 0 Å². The summed E-state index contributed by atoms with van der Waals surface area (Å²) in [4.78, 5) is 16.6. The van der Waals surface area contributed by atoms with E-state index < -0.39 is 7.92 Å². The standard InChI is InChI=1S/C34H44Cl2N7OP/c1-6-29(31(44-3)21-26(22-35)42-15-13-25(14-16-42)43-19-17-41(2)18-20-43)39-34-37-23-28(36)33(40-34)38-30-12-11-24-9-7-8-10-27(24)32(30)45(4)5/h6-12,21-23,25H,13-20H2,1-5H3,(H2,37,38,39,40)/b26-22-,29-6+,31-21+. The van der Waals surface area contributed by atoms with Gasteiger partial charge in [0.15, 0.2) is 5.82 Å². The third-order valence-corrected chi connectivity index (χ3v) is 10.5. The quantitative estimate of drug-likeness (QED) is 0.136. The molecule has 2 fully saturated rings. The Morgan fingerprint density at radius 3 is 2.44 bits per heavy atom. The molecule has 3 aromatic rings. The topological polar surface area (TPSA) is 68.8 Å². The average Bonchev–Trinajstić information content (AvgIpc) is 3.06. The number of methoxy groups -OCH3 is 1. The van der Waals surface area contributed by atoms with E-state index >= 15 is 0 Å². The highest BCUT2D eigenvalue weighted by atomic mass is 35.5. The fraction of sp³-hybridized carbons (Fsp3) is 0.412. The van der Waals surface area contributed by atoms with Gasteiger partial charge in [-0.25, -0.2) is 4.98 Å². The van der Waals surface area contributed by atoms with Crippen molar-refractivity contribution in [3.05, 3.63) is 82.5 Å². The van der Waals surface area contributed by atoms with Crippen molar-refractivity contribution in [2.75, 3.05) is 77.4 Å². The molecule has 0 radical (unpaired) electrons. The van der Waals surface area contributed by atoms with Gasteiger partial charge in [0.2, 0.25) is 5.95 Å². The minimum absolute atomic E-state index is 0.403. The van der Waals surface area contributed by atoms with E-state index in [-0.39, 0.29) is 0 Å². The van der Waals surface area contributed by atoms with Gasteiger partial charge < -0.3 is 25.2 Å². The van der Waals surface area contributed by atoms with Gasteiger partial charge in [-0.15, -0.1) is 0 Å². The molecule has 2 aliphatic heterocycles. The molecular formula is C34H44Cl2N7OP. The number of ether oxygens (including phenoxy) is 1. The van der Waals surface area contributed by atoms with Crippen LogP contribution in [0.4, 0.5) is 17.5 Å². The molecule has 0 bridgehead atoms. The molecule has 0 spiro atoms. The first-order valence-corrected chi connectivity index (χ1v) is 18.5. The van der Waals surface area contributed by atoms with Gasteiger partial charge in [0.05, 0.1) is 24.7 Å². The van der Waals surface area contributed by atoms with Crippen LogP contribution in [0.25, 0.3) is 10.8 Å². The molecular weight excluding hydrogens is 624 g/mol. The van der Waals surface area contributed by atoms with Crippen molar-refractivity contribution in [2.45, 2.75) is 25.8 Å². The normalized spacial score (nSPS) is 18.1. The van der Waals surface area contributed by atoms with Crippen LogP contribution in [0.1, 0.15) is 19.8 Å². The summed E-state index contributed by atoms with van der Waals surface area (Å²) in [6.07, 6.45) is 7.77. The van der Waals surface area contributed by atoms with E-state index in [9.17, 15) is 0 Å². The number of nitrogens with zero attached hydrogens (tertiary/aromatic N) is 5. The van der Waals surface area contributed by atoms with E-state index in [1.807, 2.05) is 19.1 Å². The van der Waals surface area contributed by atoms with Crippen molar-refractivity contribution in [1.82, 2.24) is 24.7 Å². The molecule has 2 aliphatic rings. The maximum absolute atomic E-state index is 6.60. The third kappa shape index (κ3) is 8.11. The van der Waals surface area contributed by atoms with Gasteiger partial charge in [0.1, 0.15) is 10.8 Å². The smallest absolute Gasteiger partial charge is 0.229 e. The lowest BCUT2D eigenvalue weighted by Crippen LogP contribution is -2.52. The van der Waals surface area contributed by atoms with E-state index in [0.29, 0.717) is 28.6 Å². The van der Waals surface area contributed by atoms with Crippen molar-refractivity contribution in [1.29, 1.82) is 0 Å². The Bertz CT molecular complexity index is 1560. The highest BCUT2D eigenvalue weighted by molar-refractivity contribution is 7.65. The van der Waals surface area contributed by atoms with Gasteiger partial charge in [0.25, 0.3) is 0 Å². The van der Waals surface area contributed by atoms with Crippen molar-refractivity contribution in [3.63, 3.8) is 0 Å². The number of nitrogens with one attached hydrogen (secondary N) is 2. The SMILES string of the molecule is C\C=C(Nc1ncc(Cl)c(Nc2ccc3ccccc3c2P(C)C)n1)/C(=C\C(=C\Cl)N1CCC(N2CCN(C)CC2)CC1)OC. The molecule has 5 rings (SSSR count). The Labute approximate surface area is 278 Å². The van der Waals surface area contributed by atoms with Crippen LogP contribution in [0.3, 0.4) is 0 Å². The summed E-state index contributed by atoms with van der Waals surface area (Å²) in [5.41, 5.74) is 4.28.